The number of ether oxygens (including phenoxy) is 2. The van der Waals surface area contributed by atoms with Crippen molar-refractivity contribution in [1.82, 2.24) is 10.2 Å². The molecule has 0 bridgehead atoms. The minimum Gasteiger partial charge on any atom is -0.497 e. The predicted molar refractivity (Wildman–Crippen MR) is 190 cm³/mol. The summed E-state index contributed by atoms with van der Waals surface area (Å²) in [5, 5.41) is 18.7. The number of fused-ring (bicyclic) bond motifs is 1. The molecule has 0 radical (unpaired) electrons. The van der Waals surface area contributed by atoms with Gasteiger partial charge in [0, 0.05) is 40.1 Å². The maximum atomic E-state index is 13.6. The van der Waals surface area contributed by atoms with Gasteiger partial charge in [-0.1, -0.05) is 24.3 Å². The summed E-state index contributed by atoms with van der Waals surface area (Å²) in [7, 11) is 3.03. The zero-order valence-electron chi connectivity index (χ0n) is 27.0. The summed E-state index contributed by atoms with van der Waals surface area (Å²) < 4.78 is 10.8. The van der Waals surface area contributed by atoms with Crippen LogP contribution in [0.5, 0.6) is 11.5 Å². The molecule has 0 saturated heterocycles. The van der Waals surface area contributed by atoms with E-state index in [0.29, 0.717) is 63.3 Å². The quantitative estimate of drug-likeness (QED) is 0.134. The number of rotatable bonds is 11. The lowest BCUT2D eigenvalue weighted by Gasteiger charge is -2.25. The van der Waals surface area contributed by atoms with Crippen molar-refractivity contribution in [3.63, 3.8) is 0 Å². The van der Waals surface area contributed by atoms with Crippen molar-refractivity contribution in [2.45, 2.75) is 24.8 Å². The van der Waals surface area contributed by atoms with Gasteiger partial charge in [0.25, 0.3) is 11.8 Å². The van der Waals surface area contributed by atoms with Crippen molar-refractivity contribution in [2.24, 2.45) is 0 Å². The molecule has 1 aliphatic rings. The van der Waals surface area contributed by atoms with Gasteiger partial charge in [-0.05, 0) is 66.6 Å². The Morgan fingerprint density at radius 1 is 1.00 bits per heavy atom. The molecule has 250 valence electrons. The number of methoxy groups -OCH3 is 2. The van der Waals surface area contributed by atoms with E-state index >= 15 is 0 Å². The molecular weight excluding hydrogens is 663 g/mol. The minimum atomic E-state index is -0.580. The number of carbonyl (C=O) groups excluding carboxylic acids is 4. The fourth-order valence-corrected chi connectivity index (χ4v) is 7.09. The van der Waals surface area contributed by atoms with Crippen LogP contribution in [0.2, 0.25) is 0 Å². The van der Waals surface area contributed by atoms with Crippen molar-refractivity contribution in [2.75, 3.05) is 37.2 Å². The Morgan fingerprint density at radius 2 is 1.80 bits per heavy atom. The topological polar surface area (TPSA) is 150 Å². The highest BCUT2D eigenvalue weighted by molar-refractivity contribution is 8.00. The molecule has 1 aliphatic heterocycles. The number of hydrogen-bond donors (Lipinski definition) is 3. The van der Waals surface area contributed by atoms with Crippen LogP contribution in [0.1, 0.15) is 38.8 Å². The molecule has 0 atom stereocenters. The summed E-state index contributed by atoms with van der Waals surface area (Å²) in [6.45, 7) is 2.48. The first-order chi connectivity index (χ1) is 23.7. The van der Waals surface area contributed by atoms with E-state index in [1.165, 1.54) is 50.3 Å². The Labute approximate surface area is 291 Å². The summed E-state index contributed by atoms with van der Waals surface area (Å²) in [4.78, 5) is 54.9. The van der Waals surface area contributed by atoms with E-state index < -0.39 is 11.8 Å². The van der Waals surface area contributed by atoms with Crippen LogP contribution in [0.3, 0.4) is 0 Å². The van der Waals surface area contributed by atoms with Gasteiger partial charge in [0.2, 0.25) is 11.8 Å². The number of anilines is 2. The fourth-order valence-electron chi connectivity index (χ4n) is 5.10. The third kappa shape index (κ3) is 8.67. The standard InChI is InChI=1S/C36H33N5O6S2/c1-22(42)41-15-14-28-29(19-37)36(49-32(28)20-41)40-33(43)21-48-27-11-7-10-25(18-27)38-35(45)30(39-34(44)23-8-5-4-6-9-23)17-24-16-26(46-2)12-13-31(24)47-3/h4-13,16-18H,14-15,20-21H2,1-3H3,(H,38,45)(H,39,44)(H,40,43)/b30-17+. The molecule has 2 heterocycles. The zero-order chi connectivity index (χ0) is 34.9. The number of hydrogen-bond acceptors (Lipinski definition) is 9. The largest absolute Gasteiger partial charge is 0.497 e. The van der Waals surface area contributed by atoms with Crippen LogP contribution in [0, 0.1) is 11.3 Å². The first-order valence-electron chi connectivity index (χ1n) is 15.1. The van der Waals surface area contributed by atoms with Crippen LogP contribution in [0.4, 0.5) is 10.7 Å². The molecule has 11 nitrogen and oxygen atoms in total. The van der Waals surface area contributed by atoms with Gasteiger partial charge in [0.1, 0.15) is 28.3 Å². The SMILES string of the molecule is COc1ccc(OC)c(/C=C(/NC(=O)c2ccccc2)C(=O)Nc2cccc(SCC(=O)Nc3sc4c(c3C#N)CCN(C(C)=O)C4)c2)c1. The molecule has 1 aromatic heterocycles. The van der Waals surface area contributed by atoms with E-state index in [-0.39, 0.29) is 23.3 Å². The third-order valence-corrected chi connectivity index (χ3v) is 9.72. The van der Waals surface area contributed by atoms with E-state index in [0.717, 1.165) is 10.4 Å². The fraction of sp³-hybridized carbons (Fsp3) is 0.194. The van der Waals surface area contributed by atoms with E-state index in [1.54, 1.807) is 71.6 Å². The van der Waals surface area contributed by atoms with Crippen LogP contribution in [0.15, 0.2) is 83.4 Å². The summed E-state index contributed by atoms with van der Waals surface area (Å²) in [6, 6.07) is 22.8. The van der Waals surface area contributed by atoms with Gasteiger partial charge < -0.3 is 30.3 Å². The maximum Gasteiger partial charge on any atom is 0.272 e. The van der Waals surface area contributed by atoms with E-state index in [2.05, 4.69) is 22.0 Å². The van der Waals surface area contributed by atoms with Crippen molar-refractivity contribution in [1.29, 1.82) is 5.26 Å². The Hall–Kier alpha value is -5.58. The highest BCUT2D eigenvalue weighted by Gasteiger charge is 2.26. The molecule has 0 spiro atoms. The summed E-state index contributed by atoms with van der Waals surface area (Å²) in [6.07, 6.45) is 2.08. The minimum absolute atomic E-state index is 0.0285. The molecular formula is C36H33N5O6S2. The normalized spacial score (nSPS) is 12.3. The highest BCUT2D eigenvalue weighted by atomic mass is 32.2. The van der Waals surface area contributed by atoms with Gasteiger partial charge in [0.05, 0.1) is 32.1 Å². The number of nitriles is 1. The molecule has 0 saturated carbocycles. The van der Waals surface area contributed by atoms with Gasteiger partial charge in [-0.3, -0.25) is 19.2 Å². The Bertz CT molecular complexity index is 1970. The van der Waals surface area contributed by atoms with Crippen molar-refractivity contribution in [3.8, 4) is 17.6 Å². The number of nitrogens with zero attached hydrogens (tertiary/aromatic N) is 2. The summed E-state index contributed by atoms with van der Waals surface area (Å²) in [5.41, 5.74) is 2.63. The zero-order valence-corrected chi connectivity index (χ0v) is 28.6. The average molecular weight is 696 g/mol. The van der Waals surface area contributed by atoms with Gasteiger partial charge in [-0.25, -0.2) is 0 Å². The Balaban J connectivity index is 1.29. The van der Waals surface area contributed by atoms with E-state index in [4.69, 9.17) is 9.47 Å². The molecule has 0 aliphatic carbocycles. The van der Waals surface area contributed by atoms with Crippen LogP contribution in [-0.2, 0) is 27.3 Å². The van der Waals surface area contributed by atoms with Crippen molar-refractivity contribution in [3.05, 3.63) is 106 Å². The molecule has 5 rings (SSSR count). The van der Waals surface area contributed by atoms with Crippen LogP contribution in [0.25, 0.3) is 6.08 Å². The maximum absolute atomic E-state index is 13.6. The predicted octanol–water partition coefficient (Wildman–Crippen LogP) is 5.68. The van der Waals surface area contributed by atoms with Gasteiger partial charge in [-0.2, -0.15) is 5.26 Å². The lowest BCUT2D eigenvalue weighted by atomic mass is 10.0. The first-order valence-corrected chi connectivity index (χ1v) is 16.9. The summed E-state index contributed by atoms with van der Waals surface area (Å²) in [5.74, 6) is -0.308. The third-order valence-electron chi connectivity index (χ3n) is 7.59. The molecule has 4 aromatic rings. The molecule has 3 aromatic carbocycles. The van der Waals surface area contributed by atoms with E-state index in [1.807, 2.05) is 6.07 Å². The highest BCUT2D eigenvalue weighted by Crippen LogP contribution is 2.37. The first kappa shape index (κ1) is 34.7. The Kier molecular flexibility index (Phi) is 11.4. The van der Waals surface area contributed by atoms with Crippen molar-refractivity contribution >= 4 is 63.5 Å². The van der Waals surface area contributed by atoms with Gasteiger partial charge in [-0.15, -0.1) is 23.1 Å². The second-order valence-corrected chi connectivity index (χ2v) is 13.0. The lowest BCUT2D eigenvalue weighted by molar-refractivity contribution is -0.129. The molecule has 0 unspecified atom stereocenters. The molecule has 13 heteroatoms. The lowest BCUT2D eigenvalue weighted by Crippen LogP contribution is -2.33. The Morgan fingerprint density at radius 3 is 2.51 bits per heavy atom. The second-order valence-electron chi connectivity index (χ2n) is 10.8. The average Bonchev–Trinajstić information content (AvgIpc) is 3.46. The molecule has 4 amide bonds. The van der Waals surface area contributed by atoms with Crippen LogP contribution >= 0.6 is 23.1 Å². The van der Waals surface area contributed by atoms with E-state index in [9.17, 15) is 24.4 Å². The monoisotopic (exact) mass is 695 g/mol. The molecule has 49 heavy (non-hydrogen) atoms. The molecule has 3 N–H and O–H groups in total. The second kappa shape index (κ2) is 16.0. The summed E-state index contributed by atoms with van der Waals surface area (Å²) >= 11 is 2.58. The smallest absolute Gasteiger partial charge is 0.272 e. The number of thiophene rings is 1. The van der Waals surface area contributed by atoms with Crippen LogP contribution in [-0.4, -0.2) is 55.0 Å². The van der Waals surface area contributed by atoms with Gasteiger partial charge >= 0.3 is 0 Å². The van der Waals surface area contributed by atoms with Crippen LogP contribution < -0.4 is 25.4 Å². The number of nitrogens with one attached hydrogen (secondary N) is 3. The number of amides is 4. The van der Waals surface area contributed by atoms with Crippen molar-refractivity contribution < 1.29 is 28.7 Å². The molecule has 0 fully saturated rings. The van der Waals surface area contributed by atoms with Gasteiger partial charge in [0.15, 0.2) is 0 Å². The number of benzene rings is 3. The number of carbonyl (C=O) groups is 4. The number of thioether (sulfide) groups is 1.